The Kier molecular flexibility index (Phi) is 3.74. The minimum absolute atomic E-state index is 0.113. The summed E-state index contributed by atoms with van der Waals surface area (Å²) in [5.41, 5.74) is 3.36. The van der Waals surface area contributed by atoms with E-state index in [1.807, 2.05) is 36.4 Å². The van der Waals surface area contributed by atoms with Crippen LogP contribution in [0.15, 0.2) is 53.0 Å². The second kappa shape index (κ2) is 5.67. The average molecular weight is 331 g/mol. The molecule has 1 aliphatic rings. The van der Waals surface area contributed by atoms with Gasteiger partial charge in [0.2, 0.25) is 0 Å². The summed E-state index contributed by atoms with van der Waals surface area (Å²) in [7, 11) is 0. The van der Waals surface area contributed by atoms with Crippen LogP contribution >= 0.6 is 15.9 Å². The van der Waals surface area contributed by atoms with Gasteiger partial charge in [0.1, 0.15) is 0 Å². The number of anilines is 1. The molecule has 4 heteroatoms. The second-order valence-corrected chi connectivity index (χ2v) is 5.81. The normalized spacial score (nSPS) is 16.6. The molecule has 3 nitrogen and oxygen atoms in total. The smallest absolute Gasteiger partial charge is 0.319 e. The van der Waals surface area contributed by atoms with E-state index in [1.165, 1.54) is 11.1 Å². The second-order valence-electron chi connectivity index (χ2n) is 4.90. The molecule has 2 aromatic carbocycles. The van der Waals surface area contributed by atoms with Crippen LogP contribution in [0.3, 0.4) is 0 Å². The fraction of sp³-hybridized carbons (Fsp3) is 0.188. The van der Waals surface area contributed by atoms with Crippen molar-refractivity contribution >= 4 is 27.6 Å². The monoisotopic (exact) mass is 330 g/mol. The highest BCUT2D eigenvalue weighted by Crippen LogP contribution is 2.30. The van der Waals surface area contributed by atoms with E-state index in [0.717, 1.165) is 23.0 Å². The van der Waals surface area contributed by atoms with Crippen LogP contribution in [0.5, 0.6) is 0 Å². The van der Waals surface area contributed by atoms with E-state index >= 15 is 0 Å². The first-order chi connectivity index (χ1) is 9.72. The van der Waals surface area contributed by atoms with Gasteiger partial charge in [-0.15, -0.1) is 0 Å². The van der Waals surface area contributed by atoms with E-state index in [-0.39, 0.29) is 12.1 Å². The lowest BCUT2D eigenvalue weighted by Crippen LogP contribution is -2.31. The summed E-state index contributed by atoms with van der Waals surface area (Å²) >= 11 is 3.37. The van der Waals surface area contributed by atoms with Gasteiger partial charge < -0.3 is 10.6 Å². The van der Waals surface area contributed by atoms with Crippen molar-refractivity contribution in [3.8, 4) is 0 Å². The minimum Gasteiger partial charge on any atom is -0.331 e. The Morgan fingerprint density at radius 3 is 2.65 bits per heavy atom. The van der Waals surface area contributed by atoms with E-state index in [4.69, 9.17) is 0 Å². The number of halogens is 1. The van der Waals surface area contributed by atoms with Gasteiger partial charge in [0.15, 0.2) is 0 Å². The molecule has 2 amide bonds. The topological polar surface area (TPSA) is 41.1 Å². The van der Waals surface area contributed by atoms with Crippen LogP contribution in [0, 0.1) is 0 Å². The van der Waals surface area contributed by atoms with Crippen LogP contribution in [-0.2, 0) is 6.42 Å². The molecule has 0 saturated carbocycles. The first kappa shape index (κ1) is 13.2. The third-order valence-electron chi connectivity index (χ3n) is 3.54. The predicted octanol–water partition coefficient (Wildman–Crippen LogP) is 4.26. The molecule has 0 heterocycles. The molecule has 0 fully saturated rings. The van der Waals surface area contributed by atoms with Gasteiger partial charge in [0.25, 0.3) is 0 Å². The molecule has 0 radical (unpaired) electrons. The Morgan fingerprint density at radius 2 is 1.85 bits per heavy atom. The van der Waals surface area contributed by atoms with Crippen molar-refractivity contribution in [1.29, 1.82) is 0 Å². The van der Waals surface area contributed by atoms with E-state index < -0.39 is 0 Å². The van der Waals surface area contributed by atoms with Crippen LogP contribution < -0.4 is 10.6 Å². The maximum Gasteiger partial charge on any atom is 0.319 e. The van der Waals surface area contributed by atoms with Gasteiger partial charge >= 0.3 is 6.03 Å². The largest absolute Gasteiger partial charge is 0.331 e. The van der Waals surface area contributed by atoms with Gasteiger partial charge in [-0.2, -0.15) is 0 Å². The fourth-order valence-electron chi connectivity index (χ4n) is 2.57. The summed E-state index contributed by atoms with van der Waals surface area (Å²) in [4.78, 5) is 12.0. The van der Waals surface area contributed by atoms with Crippen LogP contribution in [0.25, 0.3) is 0 Å². The zero-order valence-corrected chi connectivity index (χ0v) is 12.5. The first-order valence-electron chi connectivity index (χ1n) is 6.63. The number of nitrogens with one attached hydrogen (secondary N) is 2. The number of fused-ring (bicyclic) bond motifs is 1. The molecule has 1 aliphatic carbocycles. The average Bonchev–Trinajstić information content (AvgIpc) is 2.85. The molecule has 3 rings (SSSR count). The quantitative estimate of drug-likeness (QED) is 0.848. The Labute approximate surface area is 126 Å². The van der Waals surface area contributed by atoms with E-state index in [2.05, 4.69) is 38.7 Å². The van der Waals surface area contributed by atoms with Crippen molar-refractivity contribution in [2.45, 2.75) is 18.9 Å². The maximum absolute atomic E-state index is 12.0. The van der Waals surface area contributed by atoms with Crippen molar-refractivity contribution < 1.29 is 4.79 Å². The van der Waals surface area contributed by atoms with E-state index in [1.54, 1.807) is 0 Å². The van der Waals surface area contributed by atoms with Gasteiger partial charge in [-0.3, -0.25) is 0 Å². The lowest BCUT2D eigenvalue weighted by Gasteiger charge is -2.15. The van der Waals surface area contributed by atoms with E-state index in [0.29, 0.717) is 0 Å². The van der Waals surface area contributed by atoms with Crippen molar-refractivity contribution in [1.82, 2.24) is 5.32 Å². The van der Waals surface area contributed by atoms with Crippen LogP contribution in [0.2, 0.25) is 0 Å². The Balaban J connectivity index is 1.64. The summed E-state index contributed by atoms with van der Waals surface area (Å²) < 4.78 is 0.994. The number of urea groups is 1. The standard InChI is InChI=1S/C16H15BrN2O/c17-12-6-8-13(9-7-12)18-16(20)19-15-10-5-11-3-1-2-4-14(11)15/h1-4,6-9,15H,5,10H2,(H2,18,19,20). The molecule has 0 aromatic heterocycles. The van der Waals surface area contributed by atoms with Gasteiger partial charge in [-0.1, -0.05) is 40.2 Å². The summed E-state index contributed by atoms with van der Waals surface area (Å²) in [6.07, 6.45) is 1.99. The molecule has 2 N–H and O–H groups in total. The molecule has 102 valence electrons. The number of hydrogen-bond acceptors (Lipinski definition) is 1. The lowest BCUT2D eigenvalue weighted by molar-refractivity contribution is 0.248. The third kappa shape index (κ3) is 2.85. The molecular weight excluding hydrogens is 316 g/mol. The lowest BCUT2D eigenvalue weighted by atomic mass is 10.1. The first-order valence-corrected chi connectivity index (χ1v) is 7.42. The SMILES string of the molecule is O=C(Nc1ccc(Br)cc1)NC1CCc2ccccc21. The third-order valence-corrected chi connectivity index (χ3v) is 4.07. The fourth-order valence-corrected chi connectivity index (χ4v) is 2.83. The van der Waals surface area contributed by atoms with Crippen LogP contribution in [-0.4, -0.2) is 6.03 Å². The number of hydrogen-bond donors (Lipinski definition) is 2. The zero-order valence-electron chi connectivity index (χ0n) is 10.9. The Morgan fingerprint density at radius 1 is 1.10 bits per heavy atom. The van der Waals surface area contributed by atoms with Gasteiger partial charge in [0.05, 0.1) is 6.04 Å². The molecule has 1 unspecified atom stereocenters. The molecule has 2 aromatic rings. The van der Waals surface area contributed by atoms with Crippen LogP contribution in [0.1, 0.15) is 23.6 Å². The Bertz CT molecular complexity index is 625. The van der Waals surface area contributed by atoms with Crippen molar-refractivity contribution in [2.24, 2.45) is 0 Å². The van der Waals surface area contributed by atoms with Gasteiger partial charge in [-0.25, -0.2) is 4.79 Å². The van der Waals surface area contributed by atoms with E-state index in [9.17, 15) is 4.79 Å². The highest BCUT2D eigenvalue weighted by atomic mass is 79.9. The maximum atomic E-state index is 12.0. The number of rotatable bonds is 2. The summed E-state index contributed by atoms with van der Waals surface area (Å²) in [5, 5.41) is 5.89. The highest BCUT2D eigenvalue weighted by molar-refractivity contribution is 9.10. The number of amides is 2. The van der Waals surface area contributed by atoms with Crippen molar-refractivity contribution in [3.63, 3.8) is 0 Å². The molecule has 0 saturated heterocycles. The van der Waals surface area contributed by atoms with Crippen LogP contribution in [0.4, 0.5) is 10.5 Å². The Hall–Kier alpha value is -1.81. The number of aryl methyl sites for hydroxylation is 1. The number of carbonyl (C=O) groups excluding carboxylic acids is 1. The molecule has 20 heavy (non-hydrogen) atoms. The van der Waals surface area contributed by atoms with Crippen molar-refractivity contribution in [2.75, 3.05) is 5.32 Å². The predicted molar refractivity (Wildman–Crippen MR) is 83.8 cm³/mol. The van der Waals surface area contributed by atoms with Gasteiger partial charge in [-0.05, 0) is 48.2 Å². The minimum atomic E-state index is -0.158. The summed E-state index contributed by atoms with van der Waals surface area (Å²) in [5.74, 6) is 0. The molecular formula is C16H15BrN2O. The summed E-state index contributed by atoms with van der Waals surface area (Å²) in [6.45, 7) is 0. The summed E-state index contributed by atoms with van der Waals surface area (Å²) in [6, 6.07) is 15.8. The molecule has 1 atom stereocenters. The molecule has 0 aliphatic heterocycles. The highest BCUT2D eigenvalue weighted by Gasteiger charge is 2.23. The zero-order chi connectivity index (χ0) is 13.9. The number of carbonyl (C=O) groups is 1. The number of benzene rings is 2. The van der Waals surface area contributed by atoms with Gasteiger partial charge in [0, 0.05) is 10.2 Å². The van der Waals surface area contributed by atoms with Crippen molar-refractivity contribution in [3.05, 3.63) is 64.1 Å². The molecule has 0 bridgehead atoms. The molecule has 0 spiro atoms.